The molecule has 21 heavy (non-hydrogen) atoms. The van der Waals surface area contributed by atoms with E-state index >= 15 is 0 Å². The molecule has 2 N–H and O–H groups in total. The largest absolute Gasteiger partial charge is 0.481 e. The Morgan fingerprint density at radius 3 is 2.52 bits per heavy atom. The minimum absolute atomic E-state index is 0. The van der Waals surface area contributed by atoms with Gasteiger partial charge in [-0.15, -0.1) is 24.2 Å². The lowest BCUT2D eigenvalue weighted by molar-refractivity contribution is -0.128. The summed E-state index contributed by atoms with van der Waals surface area (Å²) in [6.07, 6.45) is 3.54. The van der Waals surface area contributed by atoms with Gasteiger partial charge in [0.1, 0.15) is 5.75 Å². The van der Waals surface area contributed by atoms with Crippen LogP contribution in [0.1, 0.15) is 19.8 Å². The Hall–Kier alpha value is -0.910. The molecule has 1 atom stereocenters. The number of thioether (sulfide) groups is 1. The average Bonchev–Trinajstić information content (AvgIpc) is 2.49. The summed E-state index contributed by atoms with van der Waals surface area (Å²) in [5, 5.41) is 6.34. The zero-order valence-corrected chi connectivity index (χ0v) is 14.1. The van der Waals surface area contributed by atoms with Crippen LogP contribution in [0.3, 0.4) is 0 Å². The van der Waals surface area contributed by atoms with Crippen molar-refractivity contribution in [2.24, 2.45) is 0 Å². The molecule has 0 saturated carbocycles. The summed E-state index contributed by atoms with van der Waals surface area (Å²) in [4.78, 5) is 13.3. The fourth-order valence-electron chi connectivity index (χ4n) is 2.20. The van der Waals surface area contributed by atoms with Crippen molar-refractivity contribution in [3.05, 3.63) is 24.3 Å². The Morgan fingerprint density at radius 2 is 1.95 bits per heavy atom. The van der Waals surface area contributed by atoms with E-state index in [2.05, 4.69) is 10.6 Å². The van der Waals surface area contributed by atoms with Gasteiger partial charge in [-0.3, -0.25) is 4.79 Å². The highest BCUT2D eigenvalue weighted by Crippen LogP contribution is 2.19. The number of ether oxygens (including phenoxy) is 1. The number of halogens is 1. The minimum atomic E-state index is -0.468. The number of carbonyl (C=O) groups is 1. The van der Waals surface area contributed by atoms with Crippen LogP contribution in [0.4, 0.5) is 0 Å². The van der Waals surface area contributed by atoms with E-state index in [1.165, 1.54) is 4.90 Å². The number of nitrogens with one attached hydrogen (secondary N) is 2. The lowest BCUT2D eigenvalue weighted by atomic mass is 10.1. The smallest absolute Gasteiger partial charge is 0.260 e. The van der Waals surface area contributed by atoms with Gasteiger partial charge in [-0.05, 0) is 63.4 Å². The normalized spacial score (nSPS) is 16.7. The van der Waals surface area contributed by atoms with Crippen LogP contribution in [-0.4, -0.2) is 37.4 Å². The van der Waals surface area contributed by atoms with Crippen molar-refractivity contribution in [2.75, 3.05) is 19.3 Å². The second-order valence-electron chi connectivity index (χ2n) is 4.97. The molecule has 1 amide bonds. The molecule has 4 nitrogen and oxygen atoms in total. The van der Waals surface area contributed by atoms with Crippen LogP contribution in [-0.2, 0) is 4.79 Å². The van der Waals surface area contributed by atoms with Crippen molar-refractivity contribution >= 4 is 30.1 Å². The van der Waals surface area contributed by atoms with Crippen LogP contribution < -0.4 is 15.4 Å². The van der Waals surface area contributed by atoms with E-state index in [1.807, 2.05) is 30.5 Å². The van der Waals surface area contributed by atoms with Crippen LogP contribution >= 0.6 is 24.2 Å². The fraction of sp³-hybridized carbons (Fsp3) is 0.533. The van der Waals surface area contributed by atoms with Gasteiger partial charge in [0.25, 0.3) is 5.91 Å². The summed E-state index contributed by atoms with van der Waals surface area (Å²) in [5.74, 6) is 0.696. The summed E-state index contributed by atoms with van der Waals surface area (Å²) >= 11 is 1.69. The summed E-state index contributed by atoms with van der Waals surface area (Å²) in [6, 6.07) is 8.07. The SMILES string of the molecule is CSc1ccc(OC(C)C(=O)NC2CCNCC2)cc1.Cl. The summed E-state index contributed by atoms with van der Waals surface area (Å²) in [7, 11) is 0. The molecule has 6 heteroatoms. The van der Waals surface area contributed by atoms with E-state index in [4.69, 9.17) is 4.74 Å². The number of hydrogen-bond donors (Lipinski definition) is 2. The fourth-order valence-corrected chi connectivity index (χ4v) is 2.60. The van der Waals surface area contributed by atoms with Crippen LogP contribution in [0.5, 0.6) is 5.75 Å². The second-order valence-corrected chi connectivity index (χ2v) is 5.85. The topological polar surface area (TPSA) is 50.4 Å². The third-order valence-electron chi connectivity index (χ3n) is 3.43. The Morgan fingerprint density at radius 1 is 1.33 bits per heavy atom. The van der Waals surface area contributed by atoms with Gasteiger partial charge in [-0.1, -0.05) is 0 Å². The molecule has 1 fully saturated rings. The van der Waals surface area contributed by atoms with Crippen molar-refractivity contribution in [2.45, 2.75) is 36.8 Å². The molecule has 118 valence electrons. The van der Waals surface area contributed by atoms with E-state index in [1.54, 1.807) is 18.7 Å². The molecule has 1 unspecified atom stereocenters. The summed E-state index contributed by atoms with van der Waals surface area (Å²) in [6.45, 7) is 3.73. The van der Waals surface area contributed by atoms with Gasteiger partial charge in [0, 0.05) is 10.9 Å². The Bertz CT molecular complexity index is 436. The minimum Gasteiger partial charge on any atom is -0.481 e. The molecule has 0 aromatic heterocycles. The van der Waals surface area contributed by atoms with Gasteiger partial charge in [0.15, 0.2) is 6.10 Å². The zero-order valence-electron chi connectivity index (χ0n) is 12.4. The van der Waals surface area contributed by atoms with E-state index in [-0.39, 0.29) is 24.4 Å². The molecule has 0 aliphatic carbocycles. The summed E-state index contributed by atoms with van der Waals surface area (Å²) in [5.41, 5.74) is 0. The molecular formula is C15H23ClN2O2S. The van der Waals surface area contributed by atoms with Crippen molar-refractivity contribution in [3.8, 4) is 5.75 Å². The van der Waals surface area contributed by atoms with E-state index in [9.17, 15) is 4.79 Å². The first-order chi connectivity index (χ1) is 9.69. The first-order valence-electron chi connectivity index (χ1n) is 7.01. The third-order valence-corrected chi connectivity index (χ3v) is 4.17. The molecule has 0 bridgehead atoms. The van der Waals surface area contributed by atoms with Crippen LogP contribution in [0.15, 0.2) is 29.2 Å². The number of hydrogen-bond acceptors (Lipinski definition) is 4. The lowest BCUT2D eigenvalue weighted by Gasteiger charge is -2.25. The lowest BCUT2D eigenvalue weighted by Crippen LogP contribution is -2.46. The molecule has 1 saturated heterocycles. The van der Waals surface area contributed by atoms with Crippen molar-refractivity contribution in [1.29, 1.82) is 0 Å². The van der Waals surface area contributed by atoms with Gasteiger partial charge in [-0.2, -0.15) is 0 Å². The van der Waals surface area contributed by atoms with E-state index in [0.29, 0.717) is 0 Å². The predicted octanol–water partition coefficient (Wildman–Crippen LogP) is 2.47. The highest BCUT2D eigenvalue weighted by molar-refractivity contribution is 7.98. The van der Waals surface area contributed by atoms with E-state index < -0.39 is 6.10 Å². The summed E-state index contributed by atoms with van der Waals surface area (Å²) < 4.78 is 5.68. The molecule has 1 aromatic rings. The Balaban J connectivity index is 0.00000220. The number of carbonyl (C=O) groups excluding carboxylic acids is 1. The van der Waals surface area contributed by atoms with Crippen LogP contribution in [0.2, 0.25) is 0 Å². The maximum atomic E-state index is 12.1. The van der Waals surface area contributed by atoms with Crippen molar-refractivity contribution in [1.82, 2.24) is 10.6 Å². The predicted molar refractivity (Wildman–Crippen MR) is 89.6 cm³/mol. The number of benzene rings is 1. The van der Waals surface area contributed by atoms with Gasteiger partial charge in [-0.25, -0.2) is 0 Å². The Labute approximate surface area is 136 Å². The van der Waals surface area contributed by atoms with Crippen molar-refractivity contribution in [3.63, 3.8) is 0 Å². The molecule has 1 aliphatic heterocycles. The number of amides is 1. The van der Waals surface area contributed by atoms with Gasteiger partial charge in [0.2, 0.25) is 0 Å². The van der Waals surface area contributed by atoms with Crippen LogP contribution in [0.25, 0.3) is 0 Å². The Kier molecular flexibility index (Phi) is 7.93. The van der Waals surface area contributed by atoms with Crippen molar-refractivity contribution < 1.29 is 9.53 Å². The average molecular weight is 331 g/mol. The molecule has 1 heterocycles. The molecular weight excluding hydrogens is 308 g/mol. The number of rotatable bonds is 5. The van der Waals surface area contributed by atoms with E-state index in [0.717, 1.165) is 31.7 Å². The maximum absolute atomic E-state index is 12.1. The molecule has 1 aliphatic rings. The monoisotopic (exact) mass is 330 g/mol. The molecule has 0 radical (unpaired) electrons. The van der Waals surface area contributed by atoms with Crippen LogP contribution in [0, 0.1) is 0 Å². The number of piperidine rings is 1. The van der Waals surface area contributed by atoms with Gasteiger partial charge in [0.05, 0.1) is 0 Å². The highest BCUT2D eigenvalue weighted by Gasteiger charge is 2.20. The standard InChI is InChI=1S/C15H22N2O2S.ClH/c1-11(15(18)17-12-7-9-16-10-8-12)19-13-3-5-14(20-2)6-4-13;/h3-6,11-12,16H,7-10H2,1-2H3,(H,17,18);1H. The van der Waals surface area contributed by atoms with Gasteiger partial charge >= 0.3 is 0 Å². The highest BCUT2D eigenvalue weighted by atomic mass is 35.5. The van der Waals surface area contributed by atoms with Gasteiger partial charge < -0.3 is 15.4 Å². The molecule has 0 spiro atoms. The maximum Gasteiger partial charge on any atom is 0.260 e. The quantitative estimate of drug-likeness (QED) is 0.814. The first kappa shape index (κ1) is 18.1. The second kappa shape index (κ2) is 9.18. The third kappa shape index (κ3) is 5.77. The molecule has 2 rings (SSSR count). The first-order valence-corrected chi connectivity index (χ1v) is 8.23. The molecule has 1 aromatic carbocycles. The zero-order chi connectivity index (χ0) is 14.4.